The summed E-state index contributed by atoms with van der Waals surface area (Å²) in [6, 6.07) is 2.32. The van der Waals surface area contributed by atoms with Crippen molar-refractivity contribution >= 4 is 65.0 Å². The van der Waals surface area contributed by atoms with Gasteiger partial charge in [-0.15, -0.1) is 11.3 Å². The van der Waals surface area contributed by atoms with Crippen LogP contribution in [0, 0.1) is 0 Å². The molecule has 1 aromatic rings. The number of rotatable bonds is 4. The molecule has 2 rings (SSSR count). The van der Waals surface area contributed by atoms with Crippen LogP contribution >= 0.6 is 59.1 Å². The quantitative estimate of drug-likeness (QED) is 0.533. The molecule has 1 aromatic heterocycles. The molecule has 106 valence electrons. The zero-order valence-corrected chi connectivity index (χ0v) is 16.1. The average molecular weight is 474 g/mol. The molecule has 0 saturated heterocycles. The Morgan fingerprint density at radius 3 is 2.53 bits per heavy atom. The lowest BCUT2D eigenvalue weighted by molar-refractivity contribution is 0.0651. The van der Waals surface area contributed by atoms with Crippen molar-refractivity contribution in [2.75, 3.05) is 11.9 Å². The van der Waals surface area contributed by atoms with Crippen LogP contribution in [0.15, 0.2) is 13.6 Å². The molecule has 6 heteroatoms. The predicted octanol–water partition coefficient (Wildman–Crippen LogP) is 5.44. The molecule has 1 saturated carbocycles. The van der Waals surface area contributed by atoms with Crippen molar-refractivity contribution in [2.45, 2.75) is 38.1 Å². The third-order valence-corrected chi connectivity index (χ3v) is 6.18. The highest BCUT2D eigenvalue weighted by molar-refractivity contribution is 9.12. The van der Waals surface area contributed by atoms with Crippen LogP contribution in [0.5, 0.6) is 0 Å². The second kappa shape index (κ2) is 7.57. The Hall–Kier alpha value is 0.610. The normalized spacial score (nSPS) is 16.6. The van der Waals surface area contributed by atoms with Crippen LogP contribution < -0.4 is 0 Å². The molecule has 0 aliphatic heterocycles. The van der Waals surface area contributed by atoms with E-state index in [2.05, 4.69) is 47.8 Å². The van der Waals surface area contributed by atoms with Gasteiger partial charge in [-0.2, -0.15) is 0 Å². The highest BCUT2D eigenvalue weighted by Gasteiger charge is 2.27. The number of carbonyl (C=O) groups is 1. The van der Waals surface area contributed by atoms with E-state index in [4.69, 9.17) is 0 Å². The Labute approximate surface area is 143 Å². The first-order valence-electron chi connectivity index (χ1n) is 6.45. The summed E-state index contributed by atoms with van der Waals surface area (Å²) in [5.41, 5.74) is 0.781. The van der Waals surface area contributed by atoms with Gasteiger partial charge in [0.05, 0.1) is 13.1 Å². The number of hydrogen-bond acceptors (Lipinski definition) is 2. The van der Waals surface area contributed by atoms with Crippen molar-refractivity contribution in [3.8, 4) is 0 Å². The highest BCUT2D eigenvalue weighted by Crippen LogP contribution is 2.34. The van der Waals surface area contributed by atoms with E-state index in [1.807, 2.05) is 11.0 Å². The topological polar surface area (TPSA) is 20.3 Å². The first kappa shape index (κ1) is 16.0. The summed E-state index contributed by atoms with van der Waals surface area (Å²) in [5, 5.41) is 0.832. The number of alkyl halides is 1. The Bertz CT molecular complexity index is 443. The molecule has 0 atom stereocenters. The first-order valence-corrected chi connectivity index (χ1v) is 9.97. The Morgan fingerprint density at radius 2 is 2.00 bits per heavy atom. The van der Waals surface area contributed by atoms with Crippen molar-refractivity contribution in [1.29, 1.82) is 0 Å². The SMILES string of the molecule is O=C(c1cc(Br)sc1Br)N(CCBr)C1CCCCC1. The Morgan fingerprint density at radius 1 is 1.32 bits per heavy atom. The van der Waals surface area contributed by atoms with Gasteiger partial charge in [-0.05, 0) is 50.8 Å². The number of nitrogens with zero attached hydrogens (tertiary/aromatic N) is 1. The fourth-order valence-electron chi connectivity index (χ4n) is 2.57. The molecule has 1 fully saturated rings. The van der Waals surface area contributed by atoms with E-state index in [0.29, 0.717) is 6.04 Å². The van der Waals surface area contributed by atoms with Crippen LogP contribution in [0.1, 0.15) is 42.5 Å². The number of thiophene rings is 1. The van der Waals surface area contributed by atoms with Crippen LogP contribution in [-0.2, 0) is 0 Å². The van der Waals surface area contributed by atoms with Gasteiger partial charge in [-0.3, -0.25) is 4.79 Å². The van der Waals surface area contributed by atoms with Gasteiger partial charge in [0.15, 0.2) is 0 Å². The minimum atomic E-state index is 0.153. The molecule has 0 aromatic carbocycles. The fraction of sp³-hybridized carbons (Fsp3) is 0.615. The maximum Gasteiger partial charge on any atom is 0.256 e. The van der Waals surface area contributed by atoms with Crippen molar-refractivity contribution in [3.63, 3.8) is 0 Å². The van der Waals surface area contributed by atoms with Gasteiger partial charge >= 0.3 is 0 Å². The molecular weight excluding hydrogens is 458 g/mol. The molecule has 1 heterocycles. The molecule has 1 amide bonds. The van der Waals surface area contributed by atoms with E-state index in [0.717, 1.165) is 37.9 Å². The van der Waals surface area contributed by atoms with Gasteiger partial charge in [-0.1, -0.05) is 35.2 Å². The van der Waals surface area contributed by atoms with Crippen LogP contribution in [0.25, 0.3) is 0 Å². The number of amides is 1. The molecule has 19 heavy (non-hydrogen) atoms. The van der Waals surface area contributed by atoms with Gasteiger partial charge in [0.1, 0.15) is 0 Å². The molecule has 2 nitrogen and oxygen atoms in total. The molecule has 1 aliphatic carbocycles. The maximum absolute atomic E-state index is 12.7. The third kappa shape index (κ3) is 4.05. The first-order chi connectivity index (χ1) is 9.13. The van der Waals surface area contributed by atoms with Gasteiger partial charge in [0.2, 0.25) is 0 Å². The van der Waals surface area contributed by atoms with Gasteiger partial charge in [-0.25, -0.2) is 0 Å². The summed E-state index contributed by atoms with van der Waals surface area (Å²) in [7, 11) is 0. The summed E-state index contributed by atoms with van der Waals surface area (Å²) < 4.78 is 1.91. The van der Waals surface area contributed by atoms with Gasteiger partial charge in [0.25, 0.3) is 5.91 Å². The largest absolute Gasteiger partial charge is 0.335 e. The van der Waals surface area contributed by atoms with E-state index in [1.54, 1.807) is 11.3 Å². The lowest BCUT2D eigenvalue weighted by Gasteiger charge is -2.34. The predicted molar refractivity (Wildman–Crippen MR) is 91.4 cm³/mol. The lowest BCUT2D eigenvalue weighted by atomic mass is 9.94. The number of carbonyl (C=O) groups excluding carboxylic acids is 1. The summed E-state index contributed by atoms with van der Waals surface area (Å²) in [4.78, 5) is 14.8. The smallest absolute Gasteiger partial charge is 0.256 e. The van der Waals surface area contributed by atoms with Crippen LogP contribution in [0.3, 0.4) is 0 Å². The Balaban J connectivity index is 2.17. The summed E-state index contributed by atoms with van der Waals surface area (Å²) in [6.07, 6.45) is 6.07. The van der Waals surface area contributed by atoms with E-state index in [1.165, 1.54) is 19.3 Å². The standard InChI is InChI=1S/C13H16Br3NOS/c14-6-7-17(9-4-2-1-3-5-9)13(18)10-8-11(15)19-12(10)16/h8-9H,1-7H2. The number of halogens is 3. The summed E-state index contributed by atoms with van der Waals surface area (Å²) >= 11 is 12.0. The maximum atomic E-state index is 12.7. The van der Waals surface area contributed by atoms with Gasteiger partial charge < -0.3 is 4.90 Å². The molecule has 0 radical (unpaired) electrons. The summed E-state index contributed by atoms with van der Waals surface area (Å²) in [6.45, 7) is 0.781. The average Bonchev–Trinajstić information content (AvgIpc) is 2.75. The minimum Gasteiger partial charge on any atom is -0.335 e. The zero-order chi connectivity index (χ0) is 13.8. The second-order valence-corrected chi connectivity index (χ2v) is 9.26. The molecule has 0 unspecified atom stereocenters. The molecule has 0 bridgehead atoms. The monoisotopic (exact) mass is 471 g/mol. The van der Waals surface area contributed by atoms with Crippen LogP contribution in [-0.4, -0.2) is 28.7 Å². The Kier molecular flexibility index (Phi) is 6.37. The van der Waals surface area contributed by atoms with E-state index in [-0.39, 0.29) is 5.91 Å². The highest BCUT2D eigenvalue weighted by atomic mass is 79.9. The molecule has 1 aliphatic rings. The molecule has 0 N–H and O–H groups in total. The van der Waals surface area contributed by atoms with Crippen LogP contribution in [0.4, 0.5) is 0 Å². The van der Waals surface area contributed by atoms with E-state index in [9.17, 15) is 4.79 Å². The van der Waals surface area contributed by atoms with Crippen molar-refractivity contribution in [2.24, 2.45) is 0 Å². The van der Waals surface area contributed by atoms with Crippen molar-refractivity contribution < 1.29 is 4.79 Å². The van der Waals surface area contributed by atoms with Gasteiger partial charge in [0, 0.05) is 17.9 Å². The van der Waals surface area contributed by atoms with Crippen molar-refractivity contribution in [3.05, 3.63) is 19.2 Å². The van der Waals surface area contributed by atoms with E-state index < -0.39 is 0 Å². The molecule has 0 spiro atoms. The minimum absolute atomic E-state index is 0.153. The van der Waals surface area contributed by atoms with Crippen LogP contribution in [0.2, 0.25) is 0 Å². The van der Waals surface area contributed by atoms with Crippen molar-refractivity contribution in [1.82, 2.24) is 4.90 Å². The van der Waals surface area contributed by atoms with E-state index >= 15 is 0 Å². The molecular formula is C13H16Br3NOS. The summed E-state index contributed by atoms with van der Waals surface area (Å²) in [5.74, 6) is 0.153. The zero-order valence-electron chi connectivity index (χ0n) is 10.5. The number of hydrogen-bond donors (Lipinski definition) is 0. The fourth-order valence-corrected chi connectivity index (χ4v) is 5.73. The second-order valence-electron chi connectivity index (χ2n) is 4.72. The lowest BCUT2D eigenvalue weighted by Crippen LogP contribution is -2.42. The third-order valence-electron chi connectivity index (χ3n) is 3.49.